The monoisotopic (exact) mass is 338 g/mol. The lowest BCUT2D eigenvalue weighted by Crippen LogP contribution is -2.35. The van der Waals surface area contributed by atoms with Crippen LogP contribution in [-0.2, 0) is 11.3 Å². The van der Waals surface area contributed by atoms with Crippen LogP contribution in [0.1, 0.15) is 49.9 Å². The van der Waals surface area contributed by atoms with Crippen molar-refractivity contribution in [2.45, 2.75) is 52.0 Å². The zero-order valence-electron chi connectivity index (χ0n) is 14.0. The molecule has 1 amide bonds. The van der Waals surface area contributed by atoms with E-state index in [9.17, 15) is 4.79 Å². The second-order valence-corrected chi connectivity index (χ2v) is 7.35. The average Bonchev–Trinajstić information content (AvgIpc) is 3.07. The smallest absolute Gasteiger partial charge is 0.222 e. The highest BCUT2D eigenvalue weighted by molar-refractivity contribution is 6.31. The highest BCUT2D eigenvalue weighted by Gasteiger charge is 2.24. The minimum atomic E-state index is 0.354. The molecule has 1 saturated carbocycles. The van der Waals surface area contributed by atoms with E-state index < -0.39 is 0 Å². The second kappa shape index (κ2) is 7.67. The topological polar surface area (TPSA) is 52.2 Å². The van der Waals surface area contributed by atoms with Crippen molar-refractivity contribution >= 4 is 17.5 Å². The van der Waals surface area contributed by atoms with Crippen molar-refractivity contribution in [1.82, 2.24) is 20.0 Å². The molecule has 1 aliphatic heterocycles. The lowest BCUT2D eigenvalue weighted by molar-refractivity contribution is -0.132. The number of aromatic nitrogens is 2. The van der Waals surface area contributed by atoms with Crippen LogP contribution >= 0.6 is 11.6 Å². The maximum absolute atomic E-state index is 12.5. The van der Waals surface area contributed by atoms with Gasteiger partial charge in [0.1, 0.15) is 0 Å². The molecule has 0 bridgehead atoms. The molecule has 1 aliphatic carbocycles. The van der Waals surface area contributed by atoms with Gasteiger partial charge in [-0.3, -0.25) is 14.8 Å². The van der Waals surface area contributed by atoms with Gasteiger partial charge in [0.2, 0.25) is 5.91 Å². The normalized spacial score (nSPS) is 20.9. The molecule has 1 aromatic heterocycles. The molecule has 0 radical (unpaired) electrons. The summed E-state index contributed by atoms with van der Waals surface area (Å²) in [4.78, 5) is 16.9. The zero-order chi connectivity index (χ0) is 16.2. The number of hydrogen-bond acceptors (Lipinski definition) is 3. The van der Waals surface area contributed by atoms with Gasteiger partial charge in [-0.2, -0.15) is 5.10 Å². The number of rotatable bonds is 4. The maximum atomic E-state index is 12.5. The molecular weight excluding hydrogens is 312 g/mol. The van der Waals surface area contributed by atoms with Gasteiger partial charge in [-0.1, -0.05) is 24.4 Å². The predicted molar refractivity (Wildman–Crippen MR) is 91.4 cm³/mol. The van der Waals surface area contributed by atoms with E-state index in [1.54, 1.807) is 0 Å². The van der Waals surface area contributed by atoms with Crippen LogP contribution in [0.15, 0.2) is 0 Å². The summed E-state index contributed by atoms with van der Waals surface area (Å²) in [7, 11) is 0. The Hall–Kier alpha value is -1.07. The largest absolute Gasteiger partial charge is 0.341 e. The Kier molecular flexibility index (Phi) is 5.59. The Morgan fingerprint density at radius 3 is 2.70 bits per heavy atom. The summed E-state index contributed by atoms with van der Waals surface area (Å²) in [5.41, 5.74) is 1.83. The molecule has 128 valence electrons. The minimum absolute atomic E-state index is 0.354. The minimum Gasteiger partial charge on any atom is -0.341 e. The number of carbonyl (C=O) groups is 1. The lowest BCUT2D eigenvalue weighted by atomic mass is 10.0. The number of aromatic amines is 1. The fraction of sp³-hybridized carbons (Fsp3) is 0.765. The summed E-state index contributed by atoms with van der Waals surface area (Å²) < 4.78 is 0. The maximum Gasteiger partial charge on any atom is 0.222 e. The van der Waals surface area contributed by atoms with Gasteiger partial charge < -0.3 is 4.90 Å². The first-order valence-electron chi connectivity index (χ1n) is 8.83. The van der Waals surface area contributed by atoms with E-state index >= 15 is 0 Å². The molecule has 1 saturated heterocycles. The predicted octanol–water partition coefficient (Wildman–Crippen LogP) is 2.99. The van der Waals surface area contributed by atoms with Crippen LogP contribution in [0.4, 0.5) is 0 Å². The van der Waals surface area contributed by atoms with E-state index in [2.05, 4.69) is 20.0 Å². The standard InChI is InChI=1S/C17H27ClN4O/c1-13-17(18)15(20-19-13)12-21-7-4-8-22(10-9-21)16(23)11-14-5-2-3-6-14/h14H,2-12H2,1H3,(H,19,20). The van der Waals surface area contributed by atoms with E-state index in [-0.39, 0.29) is 0 Å². The van der Waals surface area contributed by atoms with Crippen LogP contribution in [0, 0.1) is 12.8 Å². The third kappa shape index (κ3) is 4.27. The molecule has 6 heteroatoms. The Labute approximate surface area is 143 Å². The lowest BCUT2D eigenvalue weighted by Gasteiger charge is -2.23. The highest BCUT2D eigenvalue weighted by atomic mass is 35.5. The van der Waals surface area contributed by atoms with Gasteiger partial charge in [0, 0.05) is 39.1 Å². The number of aryl methyl sites for hydroxylation is 1. The molecule has 5 nitrogen and oxygen atoms in total. The Morgan fingerprint density at radius 1 is 1.22 bits per heavy atom. The second-order valence-electron chi connectivity index (χ2n) is 6.97. The summed E-state index contributed by atoms with van der Waals surface area (Å²) in [6.07, 6.45) is 6.86. The molecule has 1 N–H and O–H groups in total. The van der Waals surface area contributed by atoms with Gasteiger partial charge in [0.15, 0.2) is 0 Å². The summed E-state index contributed by atoms with van der Waals surface area (Å²) in [5, 5.41) is 7.96. The van der Waals surface area contributed by atoms with Crippen LogP contribution in [-0.4, -0.2) is 52.1 Å². The molecule has 0 aromatic carbocycles. The summed E-state index contributed by atoms with van der Waals surface area (Å²) >= 11 is 6.26. The Morgan fingerprint density at radius 2 is 2.00 bits per heavy atom. The van der Waals surface area contributed by atoms with Gasteiger partial charge in [-0.25, -0.2) is 0 Å². The van der Waals surface area contributed by atoms with E-state index in [4.69, 9.17) is 11.6 Å². The van der Waals surface area contributed by atoms with Crippen molar-refractivity contribution < 1.29 is 4.79 Å². The molecule has 23 heavy (non-hydrogen) atoms. The number of carbonyl (C=O) groups excluding carboxylic acids is 1. The molecule has 1 aromatic rings. The first-order chi connectivity index (χ1) is 11.1. The van der Waals surface area contributed by atoms with Crippen molar-refractivity contribution in [1.29, 1.82) is 0 Å². The van der Waals surface area contributed by atoms with Crippen LogP contribution in [0.25, 0.3) is 0 Å². The summed E-state index contributed by atoms with van der Waals surface area (Å²) in [6.45, 7) is 6.30. The van der Waals surface area contributed by atoms with Gasteiger partial charge in [-0.15, -0.1) is 0 Å². The third-order valence-electron chi connectivity index (χ3n) is 5.19. The molecule has 0 unspecified atom stereocenters. The van der Waals surface area contributed by atoms with Crippen LogP contribution in [0.5, 0.6) is 0 Å². The van der Waals surface area contributed by atoms with Gasteiger partial charge in [0.25, 0.3) is 0 Å². The molecule has 2 fully saturated rings. The fourth-order valence-corrected chi connectivity index (χ4v) is 3.90. The Balaban J connectivity index is 1.50. The summed E-state index contributed by atoms with van der Waals surface area (Å²) in [5.74, 6) is 0.986. The number of H-pyrrole nitrogens is 1. The molecule has 0 atom stereocenters. The van der Waals surface area contributed by atoms with E-state index in [1.165, 1.54) is 25.7 Å². The van der Waals surface area contributed by atoms with Crippen molar-refractivity contribution in [2.75, 3.05) is 26.2 Å². The number of nitrogens with one attached hydrogen (secondary N) is 1. The third-order valence-corrected chi connectivity index (χ3v) is 5.70. The SMILES string of the molecule is Cc1[nH]nc(CN2CCCN(C(=O)CC3CCCC3)CC2)c1Cl. The van der Waals surface area contributed by atoms with Crippen LogP contribution in [0.2, 0.25) is 5.02 Å². The van der Waals surface area contributed by atoms with Crippen molar-refractivity contribution in [3.63, 3.8) is 0 Å². The van der Waals surface area contributed by atoms with Gasteiger partial charge in [-0.05, 0) is 32.1 Å². The van der Waals surface area contributed by atoms with Crippen molar-refractivity contribution in [2.24, 2.45) is 5.92 Å². The quantitative estimate of drug-likeness (QED) is 0.918. The molecule has 0 spiro atoms. The number of hydrogen-bond donors (Lipinski definition) is 1. The number of amides is 1. The molecule has 3 rings (SSSR count). The summed E-state index contributed by atoms with van der Waals surface area (Å²) in [6, 6.07) is 0. The van der Waals surface area contributed by atoms with Crippen LogP contribution < -0.4 is 0 Å². The fourth-order valence-electron chi connectivity index (χ4n) is 3.75. The average molecular weight is 339 g/mol. The van der Waals surface area contributed by atoms with E-state index in [0.717, 1.165) is 62.0 Å². The van der Waals surface area contributed by atoms with Crippen molar-refractivity contribution in [3.8, 4) is 0 Å². The number of nitrogens with zero attached hydrogens (tertiary/aromatic N) is 3. The van der Waals surface area contributed by atoms with E-state index in [0.29, 0.717) is 11.8 Å². The molecule has 2 heterocycles. The van der Waals surface area contributed by atoms with E-state index in [1.807, 2.05) is 6.92 Å². The molecular formula is C17H27ClN4O. The van der Waals surface area contributed by atoms with Gasteiger partial charge in [0.05, 0.1) is 16.4 Å². The van der Waals surface area contributed by atoms with Crippen molar-refractivity contribution in [3.05, 3.63) is 16.4 Å². The highest BCUT2D eigenvalue weighted by Crippen LogP contribution is 2.28. The Bertz CT molecular complexity index is 539. The van der Waals surface area contributed by atoms with Gasteiger partial charge >= 0.3 is 0 Å². The number of halogens is 1. The van der Waals surface area contributed by atoms with Crippen LogP contribution in [0.3, 0.4) is 0 Å². The first-order valence-corrected chi connectivity index (χ1v) is 9.20. The zero-order valence-corrected chi connectivity index (χ0v) is 14.7. The first kappa shape index (κ1) is 16.8. The molecule has 2 aliphatic rings.